The molecule has 8 heteroatoms. The van der Waals surface area contributed by atoms with Crippen molar-refractivity contribution < 1.29 is 9.72 Å². The molecule has 0 aliphatic heterocycles. The van der Waals surface area contributed by atoms with Crippen molar-refractivity contribution in [2.24, 2.45) is 0 Å². The Morgan fingerprint density at radius 3 is 2.54 bits per heavy atom. The van der Waals surface area contributed by atoms with Crippen molar-refractivity contribution in [3.05, 3.63) is 88.5 Å². The van der Waals surface area contributed by atoms with Gasteiger partial charge < -0.3 is 15.2 Å². The lowest BCUT2D eigenvalue weighted by molar-refractivity contribution is -0.383. The van der Waals surface area contributed by atoms with Crippen molar-refractivity contribution in [1.82, 2.24) is 14.9 Å². The number of aromatic nitrogens is 2. The highest BCUT2D eigenvalue weighted by molar-refractivity contribution is 5.91. The minimum Gasteiger partial charge on any atom is -0.334 e. The van der Waals surface area contributed by atoms with Crippen LogP contribution in [-0.2, 0) is 13.1 Å². The van der Waals surface area contributed by atoms with E-state index >= 15 is 0 Å². The van der Waals surface area contributed by atoms with Gasteiger partial charge in [-0.25, -0.2) is 9.78 Å². The van der Waals surface area contributed by atoms with Crippen molar-refractivity contribution in [1.29, 1.82) is 0 Å². The van der Waals surface area contributed by atoms with Crippen molar-refractivity contribution >= 4 is 17.4 Å². The molecule has 3 aromatic rings. The highest BCUT2D eigenvalue weighted by Gasteiger charge is 2.14. The molecule has 0 atom stereocenters. The minimum absolute atomic E-state index is 0.147. The van der Waals surface area contributed by atoms with Gasteiger partial charge in [-0.1, -0.05) is 36.4 Å². The lowest BCUT2D eigenvalue weighted by atomic mass is 10.1. The zero-order chi connectivity index (χ0) is 18.4. The number of nitrogens with one attached hydrogen (secondary N) is 2. The van der Waals surface area contributed by atoms with E-state index < -0.39 is 11.0 Å². The first-order valence-electron chi connectivity index (χ1n) is 7.93. The second kappa shape index (κ2) is 7.93. The summed E-state index contributed by atoms with van der Waals surface area (Å²) in [7, 11) is 0. The Morgan fingerprint density at radius 2 is 1.85 bits per heavy atom. The van der Waals surface area contributed by atoms with Gasteiger partial charge in [-0.05, 0) is 17.2 Å². The van der Waals surface area contributed by atoms with Crippen LogP contribution in [0.2, 0.25) is 0 Å². The highest BCUT2D eigenvalue weighted by Crippen LogP contribution is 2.22. The number of imidazole rings is 1. The molecule has 0 unspecified atom stereocenters. The quantitative estimate of drug-likeness (QED) is 0.526. The predicted octanol–water partition coefficient (Wildman–Crippen LogP) is 3.16. The fraction of sp³-hybridized carbons (Fsp3) is 0.111. The monoisotopic (exact) mass is 351 g/mol. The number of carbonyl (C=O) groups excluding carboxylic acids is 1. The van der Waals surface area contributed by atoms with Crippen LogP contribution in [0.3, 0.4) is 0 Å². The number of urea groups is 1. The van der Waals surface area contributed by atoms with E-state index in [0.29, 0.717) is 6.54 Å². The summed E-state index contributed by atoms with van der Waals surface area (Å²) in [5.41, 5.74) is 2.06. The van der Waals surface area contributed by atoms with Gasteiger partial charge in [0.1, 0.15) is 5.69 Å². The van der Waals surface area contributed by atoms with E-state index in [9.17, 15) is 14.9 Å². The van der Waals surface area contributed by atoms with Crippen LogP contribution in [0.1, 0.15) is 11.1 Å². The third-order valence-corrected chi connectivity index (χ3v) is 3.75. The predicted molar refractivity (Wildman–Crippen MR) is 96.7 cm³/mol. The van der Waals surface area contributed by atoms with Crippen molar-refractivity contribution in [3.63, 3.8) is 0 Å². The van der Waals surface area contributed by atoms with Gasteiger partial charge in [0, 0.05) is 31.5 Å². The van der Waals surface area contributed by atoms with Crippen LogP contribution in [0.25, 0.3) is 0 Å². The molecule has 2 aromatic carbocycles. The summed E-state index contributed by atoms with van der Waals surface area (Å²) >= 11 is 0. The molecule has 132 valence electrons. The normalized spacial score (nSPS) is 10.3. The molecule has 1 aromatic heterocycles. The summed E-state index contributed by atoms with van der Waals surface area (Å²) in [4.78, 5) is 26.4. The van der Waals surface area contributed by atoms with Crippen LogP contribution in [0.5, 0.6) is 0 Å². The molecule has 0 fully saturated rings. The molecule has 0 saturated carbocycles. The second-order valence-electron chi connectivity index (χ2n) is 5.63. The van der Waals surface area contributed by atoms with Crippen molar-refractivity contribution in [3.8, 4) is 0 Å². The van der Waals surface area contributed by atoms with Gasteiger partial charge in [0.25, 0.3) is 5.69 Å². The molecular weight excluding hydrogens is 334 g/mol. The third kappa shape index (κ3) is 4.44. The van der Waals surface area contributed by atoms with Crippen molar-refractivity contribution in [2.45, 2.75) is 13.1 Å². The van der Waals surface area contributed by atoms with Crippen LogP contribution >= 0.6 is 0 Å². The summed E-state index contributed by atoms with van der Waals surface area (Å²) in [5.74, 6) is 0. The fourth-order valence-corrected chi connectivity index (χ4v) is 2.44. The number of nitro benzene ring substituents is 1. The summed E-state index contributed by atoms with van der Waals surface area (Å²) in [6.45, 7) is 1.05. The Bertz CT molecular complexity index is 891. The summed E-state index contributed by atoms with van der Waals surface area (Å²) in [5, 5.41) is 16.1. The number of nitro groups is 1. The first kappa shape index (κ1) is 17.2. The zero-order valence-electron chi connectivity index (χ0n) is 13.8. The first-order valence-corrected chi connectivity index (χ1v) is 7.93. The maximum absolute atomic E-state index is 12.0. The molecular formula is C18H17N5O3. The molecule has 0 radical (unpaired) electrons. The van der Waals surface area contributed by atoms with Gasteiger partial charge in [-0.15, -0.1) is 0 Å². The molecule has 0 spiro atoms. The SMILES string of the molecule is O=C(NCc1ccc(Cn2ccnc2)cc1)Nc1ccccc1[N+](=O)[O-]. The van der Waals surface area contributed by atoms with Crippen molar-refractivity contribution in [2.75, 3.05) is 5.32 Å². The molecule has 0 saturated heterocycles. The average Bonchev–Trinajstić information content (AvgIpc) is 3.14. The molecule has 26 heavy (non-hydrogen) atoms. The van der Waals surface area contributed by atoms with E-state index in [1.165, 1.54) is 12.1 Å². The number of rotatable bonds is 6. The molecule has 0 aliphatic carbocycles. The Kier molecular flexibility index (Phi) is 5.23. The number of carbonyl (C=O) groups is 1. The van der Waals surface area contributed by atoms with E-state index in [4.69, 9.17) is 0 Å². The number of benzene rings is 2. The second-order valence-corrected chi connectivity index (χ2v) is 5.63. The standard InChI is InChI=1S/C18H17N5O3/c24-18(21-16-3-1-2-4-17(16)23(25)26)20-11-14-5-7-15(8-6-14)12-22-10-9-19-13-22/h1-10,13H,11-12H2,(H2,20,21,24). The molecule has 2 N–H and O–H groups in total. The minimum atomic E-state index is -0.533. The summed E-state index contributed by atoms with van der Waals surface area (Å²) in [6, 6.07) is 13.3. The first-order chi connectivity index (χ1) is 12.6. The summed E-state index contributed by atoms with van der Waals surface area (Å²) in [6.07, 6.45) is 5.37. The molecule has 1 heterocycles. The number of nitrogens with zero attached hydrogens (tertiary/aromatic N) is 3. The molecule has 0 aliphatic rings. The number of amides is 2. The van der Waals surface area contributed by atoms with E-state index in [2.05, 4.69) is 15.6 Å². The number of hydrogen-bond donors (Lipinski definition) is 2. The Labute approximate surface area is 149 Å². The van der Waals surface area contributed by atoms with E-state index in [1.54, 1.807) is 24.7 Å². The zero-order valence-corrected chi connectivity index (χ0v) is 13.8. The van der Waals surface area contributed by atoms with Crippen LogP contribution in [0.4, 0.5) is 16.2 Å². The topological polar surface area (TPSA) is 102 Å². The van der Waals surface area contributed by atoms with Crippen LogP contribution in [-0.4, -0.2) is 20.5 Å². The Morgan fingerprint density at radius 1 is 1.12 bits per heavy atom. The van der Waals surface area contributed by atoms with Crippen LogP contribution in [0.15, 0.2) is 67.3 Å². The third-order valence-electron chi connectivity index (χ3n) is 3.75. The van der Waals surface area contributed by atoms with Gasteiger partial charge in [0.15, 0.2) is 0 Å². The maximum atomic E-state index is 12.0. The van der Waals surface area contributed by atoms with Gasteiger partial charge in [-0.2, -0.15) is 0 Å². The highest BCUT2D eigenvalue weighted by atomic mass is 16.6. The van der Waals surface area contributed by atoms with E-state index in [0.717, 1.165) is 17.7 Å². The number of hydrogen-bond acceptors (Lipinski definition) is 4. The summed E-state index contributed by atoms with van der Waals surface area (Å²) < 4.78 is 1.97. The average molecular weight is 351 g/mol. The lowest BCUT2D eigenvalue weighted by Crippen LogP contribution is -2.28. The molecule has 2 amide bonds. The smallest absolute Gasteiger partial charge is 0.319 e. The van der Waals surface area contributed by atoms with E-state index in [-0.39, 0.29) is 11.4 Å². The number of para-hydroxylation sites is 2. The van der Waals surface area contributed by atoms with Gasteiger partial charge in [0.05, 0.1) is 11.3 Å². The molecule has 3 rings (SSSR count). The molecule has 0 bridgehead atoms. The molecule has 8 nitrogen and oxygen atoms in total. The van der Waals surface area contributed by atoms with Gasteiger partial charge in [0.2, 0.25) is 0 Å². The largest absolute Gasteiger partial charge is 0.334 e. The Balaban J connectivity index is 1.54. The fourth-order valence-electron chi connectivity index (χ4n) is 2.44. The van der Waals surface area contributed by atoms with Crippen LogP contribution < -0.4 is 10.6 Å². The lowest BCUT2D eigenvalue weighted by Gasteiger charge is -2.09. The number of anilines is 1. The Hall–Kier alpha value is -3.68. The van der Waals surface area contributed by atoms with Gasteiger partial charge >= 0.3 is 6.03 Å². The van der Waals surface area contributed by atoms with Crippen LogP contribution in [0, 0.1) is 10.1 Å². The van der Waals surface area contributed by atoms with E-state index in [1.807, 2.05) is 35.0 Å². The van der Waals surface area contributed by atoms with Gasteiger partial charge in [-0.3, -0.25) is 10.1 Å². The maximum Gasteiger partial charge on any atom is 0.319 e.